The molecule has 1 aromatic rings. The van der Waals surface area contributed by atoms with Gasteiger partial charge in [0.05, 0.1) is 16.2 Å². The minimum atomic E-state index is -4.21. The van der Waals surface area contributed by atoms with E-state index in [4.69, 9.17) is 4.74 Å². The van der Waals surface area contributed by atoms with Gasteiger partial charge in [0.15, 0.2) is 0 Å². The van der Waals surface area contributed by atoms with Gasteiger partial charge in [-0.15, -0.1) is 0 Å². The molecule has 0 fully saturated rings. The van der Waals surface area contributed by atoms with E-state index < -0.39 is 10.1 Å². The normalized spacial score (nSPS) is 12.4. The van der Waals surface area contributed by atoms with Crippen LogP contribution in [-0.4, -0.2) is 24.8 Å². The van der Waals surface area contributed by atoms with E-state index in [0.29, 0.717) is 0 Å². The van der Waals surface area contributed by atoms with Crippen molar-refractivity contribution in [3.63, 3.8) is 0 Å². The van der Waals surface area contributed by atoms with Crippen LogP contribution in [0.2, 0.25) is 0 Å². The zero-order chi connectivity index (χ0) is 24.4. The third-order valence-corrected chi connectivity index (χ3v) is 7.15. The number of aryl methyl sites for hydroxylation is 1. The predicted octanol–water partition coefficient (Wildman–Crippen LogP) is 4.98. The van der Waals surface area contributed by atoms with E-state index in [2.05, 4.69) is 26.0 Å². The summed E-state index contributed by atoms with van der Waals surface area (Å²) in [7, 11) is -4.21. The van der Waals surface area contributed by atoms with Gasteiger partial charge < -0.3 is 9.29 Å². The van der Waals surface area contributed by atoms with Gasteiger partial charge in [0.2, 0.25) is 0 Å². The molecular weight excluding hydrogens is 455 g/mol. The fourth-order valence-corrected chi connectivity index (χ4v) is 4.98. The van der Waals surface area contributed by atoms with E-state index in [9.17, 15) is 13.0 Å². The largest absolute Gasteiger partial charge is 1.00 e. The van der Waals surface area contributed by atoms with Crippen LogP contribution in [-0.2, 0) is 23.0 Å². The Morgan fingerprint density at radius 2 is 1.29 bits per heavy atom. The Hall–Kier alpha value is -0.0700. The quantitative estimate of drug-likeness (QED) is 0.135. The summed E-state index contributed by atoms with van der Waals surface area (Å²) in [5.41, 5.74) is 2.66. The van der Waals surface area contributed by atoms with Crippen LogP contribution >= 0.6 is 0 Å². The summed E-state index contributed by atoms with van der Waals surface area (Å²) in [6.45, 7) is 6.35. The summed E-state index contributed by atoms with van der Waals surface area (Å²) in [4.78, 5) is 0. The fraction of sp³-hybridized carbons (Fsp3) is 0.786. The van der Waals surface area contributed by atoms with Crippen molar-refractivity contribution in [1.82, 2.24) is 0 Å². The van der Waals surface area contributed by atoms with E-state index >= 15 is 0 Å². The molecule has 6 heteroatoms. The van der Waals surface area contributed by atoms with Crippen LogP contribution in [0.1, 0.15) is 128 Å². The van der Waals surface area contributed by atoms with Crippen molar-refractivity contribution in [2.45, 2.75) is 136 Å². The van der Waals surface area contributed by atoms with E-state index in [-0.39, 0.29) is 47.8 Å². The first-order valence-corrected chi connectivity index (χ1v) is 15.2. The molecule has 0 saturated heterocycles. The number of benzene rings is 1. The minimum Gasteiger partial charge on any atom is -0.748 e. The van der Waals surface area contributed by atoms with Gasteiger partial charge in [0, 0.05) is 5.75 Å². The third-order valence-electron chi connectivity index (χ3n) is 6.41. The van der Waals surface area contributed by atoms with Gasteiger partial charge in [0.25, 0.3) is 0 Å². The van der Waals surface area contributed by atoms with Crippen molar-refractivity contribution in [3.8, 4) is 5.75 Å². The maximum atomic E-state index is 11.0. The molecule has 0 N–H and O–H groups in total. The second-order valence-corrected chi connectivity index (χ2v) is 11.1. The number of unbranched alkanes of at least 4 members (excludes halogenated alkanes) is 12. The van der Waals surface area contributed by atoms with E-state index in [1.54, 1.807) is 0 Å². The van der Waals surface area contributed by atoms with E-state index in [0.717, 1.165) is 25.0 Å². The maximum absolute atomic E-state index is 11.0. The molecule has 0 heterocycles. The minimum absolute atomic E-state index is 0. The topological polar surface area (TPSA) is 66.4 Å². The fourth-order valence-electron chi connectivity index (χ4n) is 4.36. The van der Waals surface area contributed by atoms with Gasteiger partial charge in [-0.05, 0) is 56.2 Å². The number of ether oxygens (including phenoxy) is 1. The van der Waals surface area contributed by atoms with Crippen LogP contribution < -0.4 is 34.3 Å². The summed E-state index contributed by atoms with van der Waals surface area (Å²) in [5.74, 6) is 0.496. The first kappa shape index (κ1) is 33.9. The van der Waals surface area contributed by atoms with Crippen LogP contribution in [0.5, 0.6) is 5.75 Å². The Balaban J connectivity index is 0.0000109. The molecule has 1 rings (SSSR count). The van der Waals surface area contributed by atoms with E-state index in [1.165, 1.54) is 94.6 Å². The molecule has 1 aromatic carbocycles. The summed E-state index contributed by atoms with van der Waals surface area (Å²) < 4.78 is 39.1. The van der Waals surface area contributed by atoms with Crippen molar-refractivity contribution >= 4 is 10.1 Å². The van der Waals surface area contributed by atoms with Crippen molar-refractivity contribution in [3.05, 3.63) is 29.3 Å². The van der Waals surface area contributed by atoms with Crippen molar-refractivity contribution in [2.75, 3.05) is 5.75 Å². The molecule has 192 valence electrons. The monoisotopic (exact) mass is 504 g/mol. The van der Waals surface area contributed by atoms with Crippen LogP contribution in [0.15, 0.2) is 18.2 Å². The summed E-state index contributed by atoms with van der Waals surface area (Å²) in [5, 5.41) is 0. The molecule has 34 heavy (non-hydrogen) atoms. The second-order valence-electron chi connectivity index (χ2n) is 9.62. The molecule has 0 bridgehead atoms. The van der Waals surface area contributed by atoms with Crippen molar-refractivity contribution in [1.29, 1.82) is 0 Å². The maximum Gasteiger partial charge on any atom is 1.00 e. The van der Waals surface area contributed by atoms with Gasteiger partial charge in [0.1, 0.15) is 5.75 Å². The summed E-state index contributed by atoms with van der Waals surface area (Å²) >= 11 is 0. The molecule has 0 amide bonds. The summed E-state index contributed by atoms with van der Waals surface area (Å²) in [6, 6.07) is 6.29. The Morgan fingerprint density at radius 1 is 0.794 bits per heavy atom. The predicted molar refractivity (Wildman–Crippen MR) is 139 cm³/mol. The molecule has 0 spiro atoms. The Labute approximate surface area is 233 Å². The molecule has 4 nitrogen and oxygen atoms in total. The van der Waals surface area contributed by atoms with Crippen LogP contribution in [0.3, 0.4) is 0 Å². The second kappa shape index (κ2) is 21.1. The molecular formula is C28H49NaO4S. The first-order chi connectivity index (χ1) is 15.9. The number of hydrogen-bond acceptors (Lipinski definition) is 4. The standard InChI is InChI=1S/C28H50O4S.Na/c1-4-6-8-10-12-14-16-19-26-20-18-22-28(32-25(3)23-24-33(29,30)31)27(26)21-17-15-13-11-9-7-5-2;/h18,20,22,25H,4-17,19,21,23-24H2,1-3H3,(H,29,30,31);/q;+1/p-1. The molecule has 1 unspecified atom stereocenters. The molecule has 0 aromatic heterocycles. The Kier molecular flexibility index (Phi) is 21.0. The molecule has 0 aliphatic heterocycles. The number of rotatable bonds is 21. The van der Waals surface area contributed by atoms with Gasteiger partial charge in [-0.25, -0.2) is 8.42 Å². The molecule has 0 aliphatic rings. The van der Waals surface area contributed by atoms with Crippen LogP contribution in [0.4, 0.5) is 0 Å². The number of hydrogen-bond donors (Lipinski definition) is 0. The SMILES string of the molecule is CCCCCCCCCc1cccc(OC(C)CCS(=O)(=O)[O-])c1CCCCCCCCC.[Na+]. The molecule has 0 radical (unpaired) electrons. The Bertz CT molecular complexity index is 721. The first-order valence-electron chi connectivity index (χ1n) is 13.6. The average Bonchev–Trinajstić information content (AvgIpc) is 2.77. The van der Waals surface area contributed by atoms with Gasteiger partial charge in [-0.1, -0.05) is 103 Å². The Morgan fingerprint density at radius 3 is 1.82 bits per heavy atom. The van der Waals surface area contributed by atoms with Gasteiger partial charge >= 0.3 is 29.6 Å². The molecule has 0 aliphatic carbocycles. The van der Waals surface area contributed by atoms with Crippen molar-refractivity contribution in [2.24, 2.45) is 0 Å². The average molecular weight is 505 g/mol. The van der Waals surface area contributed by atoms with Crippen molar-refractivity contribution < 1.29 is 47.3 Å². The smallest absolute Gasteiger partial charge is 0.748 e. The zero-order valence-electron chi connectivity index (χ0n) is 22.6. The zero-order valence-corrected chi connectivity index (χ0v) is 25.4. The van der Waals surface area contributed by atoms with E-state index in [1.807, 2.05) is 13.0 Å². The molecule has 0 saturated carbocycles. The third kappa shape index (κ3) is 17.4. The molecule has 1 atom stereocenters. The van der Waals surface area contributed by atoms with Crippen LogP contribution in [0.25, 0.3) is 0 Å². The summed E-state index contributed by atoms with van der Waals surface area (Å²) in [6.07, 6.45) is 20.0. The van der Waals surface area contributed by atoms with Crippen LogP contribution in [0, 0.1) is 0 Å². The van der Waals surface area contributed by atoms with Gasteiger partial charge in [-0.2, -0.15) is 0 Å². The van der Waals surface area contributed by atoms with Gasteiger partial charge in [-0.3, -0.25) is 0 Å².